The molecule has 0 aliphatic rings. The number of primary amides is 1. The van der Waals surface area contributed by atoms with E-state index >= 15 is 0 Å². The second-order valence-electron chi connectivity index (χ2n) is 2.56. The number of benzene rings is 1. The van der Waals surface area contributed by atoms with Crippen molar-refractivity contribution in [3.63, 3.8) is 0 Å². The second kappa shape index (κ2) is 3.30. The molecule has 0 heterocycles. The minimum Gasteiger partial charge on any atom is -0.407 e. The summed E-state index contributed by atoms with van der Waals surface area (Å²) in [5.74, 6) is -0.916. The van der Waals surface area contributed by atoms with Gasteiger partial charge in [-0.05, 0) is 18.6 Å². The second-order valence-corrected chi connectivity index (χ2v) is 2.56. The normalized spacial score (nSPS) is 9.69. The van der Waals surface area contributed by atoms with E-state index in [1.165, 1.54) is 6.07 Å². The van der Waals surface area contributed by atoms with Crippen LogP contribution >= 0.6 is 0 Å². The molecule has 0 saturated heterocycles. The summed E-state index contributed by atoms with van der Waals surface area (Å²) in [6.45, 7) is 1.67. The summed E-state index contributed by atoms with van der Waals surface area (Å²) in [6, 6.07) is 2.39. The Kier molecular flexibility index (Phi) is 2.36. The molecule has 0 bridgehead atoms. The molecule has 1 rings (SSSR count). The van der Waals surface area contributed by atoms with E-state index in [1.807, 2.05) is 0 Å². The summed E-state index contributed by atoms with van der Waals surface area (Å²) >= 11 is 0. The highest BCUT2D eigenvalue weighted by Gasteiger charge is 2.08. The van der Waals surface area contributed by atoms with E-state index < -0.39 is 11.9 Å². The van der Waals surface area contributed by atoms with E-state index in [1.54, 1.807) is 6.92 Å². The number of ether oxygens (including phenoxy) is 1. The van der Waals surface area contributed by atoms with E-state index in [4.69, 9.17) is 11.5 Å². The Balaban J connectivity index is 3.08. The van der Waals surface area contributed by atoms with E-state index in [0.29, 0.717) is 11.3 Å². The molecule has 1 amide bonds. The predicted octanol–water partition coefficient (Wildman–Crippen LogP) is 1.17. The first-order valence-electron chi connectivity index (χ1n) is 3.53. The van der Waals surface area contributed by atoms with Crippen molar-refractivity contribution >= 4 is 11.8 Å². The van der Waals surface area contributed by atoms with Crippen LogP contribution in [0.15, 0.2) is 12.1 Å². The number of amides is 1. The Hall–Kier alpha value is -1.78. The lowest BCUT2D eigenvalue weighted by molar-refractivity contribution is 0.208. The average Bonchev–Trinajstić information content (AvgIpc) is 1.99. The number of carbonyl (C=O) groups excluding carboxylic acids is 1. The van der Waals surface area contributed by atoms with Gasteiger partial charge in [-0.25, -0.2) is 9.18 Å². The van der Waals surface area contributed by atoms with Crippen molar-refractivity contribution in [3.05, 3.63) is 23.5 Å². The molecule has 0 spiro atoms. The van der Waals surface area contributed by atoms with Crippen LogP contribution in [-0.4, -0.2) is 6.09 Å². The van der Waals surface area contributed by atoms with Gasteiger partial charge in [-0.15, -0.1) is 0 Å². The van der Waals surface area contributed by atoms with Crippen LogP contribution in [0, 0.1) is 12.7 Å². The number of nitrogen functional groups attached to an aromatic ring is 1. The molecule has 0 unspecified atom stereocenters. The van der Waals surface area contributed by atoms with Crippen LogP contribution in [0.5, 0.6) is 5.75 Å². The number of hydrogen-bond donors (Lipinski definition) is 2. The van der Waals surface area contributed by atoms with Crippen LogP contribution < -0.4 is 16.2 Å². The molecule has 0 fully saturated rings. The molecule has 4 N–H and O–H groups in total. The molecule has 1 aromatic rings. The average molecular weight is 184 g/mol. The topological polar surface area (TPSA) is 78.3 Å². The highest BCUT2D eigenvalue weighted by Crippen LogP contribution is 2.23. The SMILES string of the molecule is Cc1cc(OC(N)=O)c(F)cc1N. The molecule has 0 atom stereocenters. The van der Waals surface area contributed by atoms with E-state index in [-0.39, 0.29) is 5.75 Å². The van der Waals surface area contributed by atoms with Crippen molar-refractivity contribution in [2.45, 2.75) is 6.92 Å². The molecular formula is C8H9FN2O2. The van der Waals surface area contributed by atoms with Gasteiger partial charge >= 0.3 is 6.09 Å². The van der Waals surface area contributed by atoms with Crippen LogP contribution in [0.25, 0.3) is 0 Å². The summed E-state index contributed by atoms with van der Waals surface area (Å²) in [4.78, 5) is 10.3. The van der Waals surface area contributed by atoms with Crippen molar-refractivity contribution in [3.8, 4) is 5.75 Å². The van der Waals surface area contributed by atoms with Crippen molar-refractivity contribution in [2.75, 3.05) is 5.73 Å². The van der Waals surface area contributed by atoms with Gasteiger partial charge in [-0.3, -0.25) is 0 Å². The van der Waals surface area contributed by atoms with E-state index in [9.17, 15) is 9.18 Å². The van der Waals surface area contributed by atoms with E-state index in [0.717, 1.165) is 6.07 Å². The van der Waals surface area contributed by atoms with Gasteiger partial charge in [0.05, 0.1) is 0 Å². The molecule has 5 heteroatoms. The summed E-state index contributed by atoms with van der Waals surface area (Å²) in [6.07, 6.45) is -1.05. The molecule has 0 radical (unpaired) electrons. The van der Waals surface area contributed by atoms with Gasteiger partial charge in [0.2, 0.25) is 0 Å². The van der Waals surface area contributed by atoms with Gasteiger partial charge in [0.25, 0.3) is 0 Å². The number of rotatable bonds is 1. The predicted molar refractivity (Wildman–Crippen MR) is 45.8 cm³/mol. The highest BCUT2D eigenvalue weighted by atomic mass is 19.1. The number of carbonyl (C=O) groups is 1. The van der Waals surface area contributed by atoms with Crippen molar-refractivity contribution in [2.24, 2.45) is 5.73 Å². The highest BCUT2D eigenvalue weighted by molar-refractivity contribution is 5.68. The zero-order valence-corrected chi connectivity index (χ0v) is 7.00. The number of anilines is 1. The minimum atomic E-state index is -1.05. The van der Waals surface area contributed by atoms with Crippen molar-refractivity contribution in [1.29, 1.82) is 0 Å². The molecule has 0 saturated carbocycles. The summed E-state index contributed by atoms with van der Waals surface area (Å²) in [5, 5.41) is 0. The number of aryl methyl sites for hydroxylation is 1. The molecule has 0 aliphatic carbocycles. The Morgan fingerprint density at radius 3 is 2.69 bits per heavy atom. The lowest BCUT2D eigenvalue weighted by Crippen LogP contribution is -2.17. The van der Waals surface area contributed by atoms with Crippen LogP contribution in [-0.2, 0) is 0 Å². The van der Waals surface area contributed by atoms with Gasteiger partial charge in [-0.1, -0.05) is 0 Å². The first kappa shape index (κ1) is 9.31. The van der Waals surface area contributed by atoms with Crippen LogP contribution in [0.1, 0.15) is 5.56 Å². The molecule has 70 valence electrons. The number of nitrogens with two attached hydrogens (primary N) is 2. The fourth-order valence-electron chi connectivity index (χ4n) is 0.857. The van der Waals surface area contributed by atoms with Crippen LogP contribution in [0.3, 0.4) is 0 Å². The lowest BCUT2D eigenvalue weighted by atomic mass is 10.2. The lowest BCUT2D eigenvalue weighted by Gasteiger charge is -2.05. The molecule has 1 aromatic carbocycles. The Bertz CT molecular complexity index is 352. The van der Waals surface area contributed by atoms with Gasteiger partial charge in [0.15, 0.2) is 11.6 Å². The third-order valence-corrected chi connectivity index (χ3v) is 1.53. The fourth-order valence-corrected chi connectivity index (χ4v) is 0.857. The van der Waals surface area contributed by atoms with Crippen LogP contribution in [0.4, 0.5) is 14.9 Å². The number of halogens is 1. The first-order valence-corrected chi connectivity index (χ1v) is 3.53. The Morgan fingerprint density at radius 1 is 1.54 bits per heavy atom. The maximum atomic E-state index is 13.0. The summed E-state index contributed by atoms with van der Waals surface area (Å²) < 4.78 is 17.4. The summed E-state index contributed by atoms with van der Waals surface area (Å²) in [5.41, 5.74) is 11.1. The van der Waals surface area contributed by atoms with Crippen molar-refractivity contribution < 1.29 is 13.9 Å². The number of hydrogen-bond acceptors (Lipinski definition) is 3. The van der Waals surface area contributed by atoms with Gasteiger partial charge in [0, 0.05) is 11.8 Å². The standard InChI is InChI=1S/C8H9FN2O2/c1-4-2-7(13-8(11)12)5(9)3-6(4)10/h2-3H,10H2,1H3,(H2,11,12). The maximum absolute atomic E-state index is 13.0. The van der Waals surface area contributed by atoms with Gasteiger partial charge in [0.1, 0.15) is 0 Å². The maximum Gasteiger partial charge on any atom is 0.410 e. The monoisotopic (exact) mass is 184 g/mol. The third kappa shape index (κ3) is 2.08. The zero-order valence-electron chi connectivity index (χ0n) is 7.00. The van der Waals surface area contributed by atoms with Gasteiger partial charge in [-0.2, -0.15) is 0 Å². The Morgan fingerprint density at radius 2 is 2.15 bits per heavy atom. The first-order chi connectivity index (χ1) is 6.00. The molecule has 0 aromatic heterocycles. The molecule has 0 aliphatic heterocycles. The van der Waals surface area contributed by atoms with Crippen LogP contribution in [0.2, 0.25) is 0 Å². The zero-order chi connectivity index (χ0) is 10.0. The smallest absolute Gasteiger partial charge is 0.407 e. The van der Waals surface area contributed by atoms with Crippen molar-refractivity contribution in [1.82, 2.24) is 0 Å². The minimum absolute atomic E-state index is 0.209. The molecular weight excluding hydrogens is 175 g/mol. The quantitative estimate of drug-likeness (QED) is 0.643. The summed E-state index contributed by atoms with van der Waals surface area (Å²) in [7, 11) is 0. The molecule has 4 nitrogen and oxygen atoms in total. The Labute approximate surface area is 74.3 Å². The molecule has 13 heavy (non-hydrogen) atoms. The van der Waals surface area contributed by atoms with E-state index in [2.05, 4.69) is 4.74 Å². The fraction of sp³-hybridized carbons (Fsp3) is 0.125. The van der Waals surface area contributed by atoms with Gasteiger partial charge < -0.3 is 16.2 Å². The largest absolute Gasteiger partial charge is 0.410 e. The third-order valence-electron chi connectivity index (χ3n) is 1.53.